The molecule has 0 aromatic heterocycles. The first-order valence-corrected chi connectivity index (χ1v) is 5.63. The second-order valence-electron chi connectivity index (χ2n) is 2.74. The maximum Gasteiger partial charge on any atom is 0.252 e. The largest absolute Gasteiger partial charge is 0.353 e. The predicted molar refractivity (Wildman–Crippen MR) is 48.8 cm³/mol. The average molecular weight is 204 g/mol. The van der Waals surface area contributed by atoms with E-state index in [1.54, 1.807) is 0 Å². The lowest BCUT2D eigenvalue weighted by Gasteiger charge is -2.22. The summed E-state index contributed by atoms with van der Waals surface area (Å²) in [6.07, 6.45) is 1.28. The van der Waals surface area contributed by atoms with Crippen LogP contribution < -0.4 is 10.6 Å². The van der Waals surface area contributed by atoms with Crippen molar-refractivity contribution in [1.82, 2.24) is 10.6 Å². The van der Waals surface area contributed by atoms with E-state index in [-0.39, 0.29) is 5.75 Å². The number of amides is 1. The molecule has 0 aromatic rings. The van der Waals surface area contributed by atoms with Gasteiger partial charge in [-0.15, -0.1) is 6.58 Å². The Labute approximate surface area is 77.1 Å². The first kappa shape index (κ1) is 10.2. The van der Waals surface area contributed by atoms with Crippen LogP contribution in [-0.4, -0.2) is 38.5 Å². The Morgan fingerprint density at radius 2 is 2.23 bits per heavy atom. The van der Waals surface area contributed by atoms with E-state index in [2.05, 4.69) is 17.2 Å². The highest BCUT2D eigenvalue weighted by Crippen LogP contribution is 2.02. The van der Waals surface area contributed by atoms with Gasteiger partial charge in [0.1, 0.15) is 0 Å². The smallest absolute Gasteiger partial charge is 0.252 e. The molecule has 6 heteroatoms. The first-order chi connectivity index (χ1) is 6.08. The molecule has 13 heavy (non-hydrogen) atoms. The van der Waals surface area contributed by atoms with Gasteiger partial charge in [0.05, 0.1) is 5.75 Å². The van der Waals surface area contributed by atoms with Crippen molar-refractivity contribution in [2.24, 2.45) is 0 Å². The number of nitrogens with one attached hydrogen (secondary N) is 2. The second kappa shape index (κ2) is 3.89. The molecule has 74 valence electrons. The fourth-order valence-electron chi connectivity index (χ4n) is 1.12. The molecule has 1 unspecified atom stereocenters. The van der Waals surface area contributed by atoms with E-state index in [0.717, 1.165) is 0 Å². The molecular formula is C7H12N2O3S. The third kappa shape index (κ3) is 2.28. The molecule has 1 amide bonds. The number of carbonyl (C=O) groups is 1. The van der Waals surface area contributed by atoms with Crippen molar-refractivity contribution in [1.29, 1.82) is 0 Å². The summed E-state index contributed by atoms with van der Waals surface area (Å²) < 4.78 is 22.8. The zero-order valence-electron chi connectivity index (χ0n) is 7.12. The van der Waals surface area contributed by atoms with Gasteiger partial charge in [-0.25, -0.2) is 8.42 Å². The molecule has 1 aliphatic heterocycles. The maximum absolute atomic E-state index is 11.4. The van der Waals surface area contributed by atoms with Crippen LogP contribution in [0.5, 0.6) is 0 Å². The highest BCUT2D eigenvalue weighted by Gasteiger charge is 2.32. The predicted octanol–water partition coefficient (Wildman–Crippen LogP) is -1.37. The molecule has 5 nitrogen and oxygen atoms in total. The normalized spacial score (nSPS) is 23.7. The van der Waals surface area contributed by atoms with Crippen molar-refractivity contribution < 1.29 is 13.2 Å². The van der Waals surface area contributed by atoms with Gasteiger partial charge in [0.25, 0.3) is 5.91 Å². The molecule has 0 bridgehead atoms. The van der Waals surface area contributed by atoms with Gasteiger partial charge in [-0.2, -0.15) is 0 Å². The number of carbonyl (C=O) groups excluding carboxylic acids is 1. The minimum Gasteiger partial charge on any atom is -0.353 e. The highest BCUT2D eigenvalue weighted by atomic mass is 32.2. The third-order valence-electron chi connectivity index (χ3n) is 1.70. The lowest BCUT2D eigenvalue weighted by Crippen LogP contribution is -2.56. The second-order valence-corrected chi connectivity index (χ2v) is 4.87. The Bertz CT molecular complexity index is 310. The first-order valence-electron chi connectivity index (χ1n) is 3.91. The van der Waals surface area contributed by atoms with Crippen LogP contribution in [0.15, 0.2) is 12.7 Å². The summed E-state index contributed by atoms with van der Waals surface area (Å²) in [5.74, 6) is -0.661. The summed E-state index contributed by atoms with van der Waals surface area (Å²) in [6, 6.07) is 0. The van der Waals surface area contributed by atoms with Gasteiger partial charge < -0.3 is 5.32 Å². The molecule has 0 radical (unpaired) electrons. The molecule has 1 atom stereocenters. The van der Waals surface area contributed by atoms with Crippen LogP contribution in [0.25, 0.3) is 0 Å². The van der Waals surface area contributed by atoms with Gasteiger partial charge in [0, 0.05) is 13.1 Å². The standard InChI is InChI=1S/C7H12N2O3S/c1-2-5-13(11,12)7-6(10)8-3-4-9-7/h2,7,9H,1,3-5H2,(H,8,10). The van der Waals surface area contributed by atoms with Crippen molar-refractivity contribution in [3.05, 3.63) is 12.7 Å². The average Bonchev–Trinajstić information content (AvgIpc) is 2.04. The van der Waals surface area contributed by atoms with E-state index in [0.29, 0.717) is 13.1 Å². The Morgan fingerprint density at radius 1 is 1.54 bits per heavy atom. The highest BCUT2D eigenvalue weighted by molar-refractivity contribution is 7.92. The molecule has 2 N–H and O–H groups in total. The summed E-state index contributed by atoms with van der Waals surface area (Å²) in [6.45, 7) is 4.28. The van der Waals surface area contributed by atoms with Crippen LogP contribution in [0.3, 0.4) is 0 Å². The van der Waals surface area contributed by atoms with Gasteiger partial charge >= 0.3 is 0 Å². The zero-order chi connectivity index (χ0) is 9.90. The molecule has 1 heterocycles. The monoisotopic (exact) mass is 204 g/mol. The van der Waals surface area contributed by atoms with Crippen LogP contribution in [0, 0.1) is 0 Å². The van der Waals surface area contributed by atoms with E-state index in [9.17, 15) is 13.2 Å². The Morgan fingerprint density at radius 3 is 2.77 bits per heavy atom. The molecule has 0 aromatic carbocycles. The van der Waals surface area contributed by atoms with Gasteiger partial charge in [-0.1, -0.05) is 6.08 Å². The third-order valence-corrected chi connectivity index (χ3v) is 3.50. The van der Waals surface area contributed by atoms with Crippen molar-refractivity contribution in [2.45, 2.75) is 5.37 Å². The van der Waals surface area contributed by atoms with Gasteiger partial charge in [0.2, 0.25) is 0 Å². The van der Waals surface area contributed by atoms with Crippen LogP contribution in [0.4, 0.5) is 0 Å². The van der Waals surface area contributed by atoms with E-state index in [1.165, 1.54) is 6.08 Å². The summed E-state index contributed by atoms with van der Waals surface area (Å²) in [7, 11) is -3.42. The van der Waals surface area contributed by atoms with Gasteiger partial charge in [-0.3, -0.25) is 10.1 Å². The molecular weight excluding hydrogens is 192 g/mol. The Kier molecular flexibility index (Phi) is 3.05. The van der Waals surface area contributed by atoms with Crippen molar-refractivity contribution in [3.8, 4) is 0 Å². The van der Waals surface area contributed by atoms with E-state index >= 15 is 0 Å². The Hall–Kier alpha value is -0.880. The molecule has 1 fully saturated rings. The Balaban J connectivity index is 2.79. The molecule has 0 saturated carbocycles. The summed E-state index contributed by atoms with van der Waals surface area (Å²) in [4.78, 5) is 11.1. The van der Waals surface area contributed by atoms with Crippen molar-refractivity contribution in [3.63, 3.8) is 0 Å². The molecule has 1 saturated heterocycles. The minimum atomic E-state index is -3.42. The number of hydrogen-bond donors (Lipinski definition) is 2. The van der Waals surface area contributed by atoms with Gasteiger partial charge in [-0.05, 0) is 0 Å². The summed E-state index contributed by atoms with van der Waals surface area (Å²) in [5, 5.41) is 4.02. The van der Waals surface area contributed by atoms with Crippen molar-refractivity contribution in [2.75, 3.05) is 18.8 Å². The van der Waals surface area contributed by atoms with E-state index < -0.39 is 21.1 Å². The van der Waals surface area contributed by atoms with Crippen LogP contribution in [0.2, 0.25) is 0 Å². The lowest BCUT2D eigenvalue weighted by molar-refractivity contribution is -0.122. The van der Waals surface area contributed by atoms with Gasteiger partial charge in [0.15, 0.2) is 15.2 Å². The number of hydrogen-bond acceptors (Lipinski definition) is 4. The van der Waals surface area contributed by atoms with Crippen molar-refractivity contribution >= 4 is 15.7 Å². The van der Waals surface area contributed by atoms with E-state index in [1.807, 2.05) is 0 Å². The zero-order valence-corrected chi connectivity index (χ0v) is 7.93. The van der Waals surface area contributed by atoms with Crippen LogP contribution in [0.1, 0.15) is 0 Å². The van der Waals surface area contributed by atoms with Crippen LogP contribution in [-0.2, 0) is 14.6 Å². The SMILES string of the molecule is C=CCS(=O)(=O)C1NCCNC1=O. The fraction of sp³-hybridized carbons (Fsp3) is 0.571. The van der Waals surface area contributed by atoms with E-state index in [4.69, 9.17) is 0 Å². The number of sulfone groups is 1. The van der Waals surface area contributed by atoms with Crippen LogP contribution >= 0.6 is 0 Å². The fourth-order valence-corrected chi connectivity index (χ4v) is 2.43. The molecule has 1 aliphatic rings. The summed E-state index contributed by atoms with van der Waals surface area (Å²) in [5.41, 5.74) is 0. The quantitative estimate of drug-likeness (QED) is 0.556. The number of rotatable bonds is 3. The number of piperazine rings is 1. The molecule has 1 rings (SSSR count). The molecule has 0 spiro atoms. The maximum atomic E-state index is 11.4. The minimum absolute atomic E-state index is 0.182. The molecule has 0 aliphatic carbocycles. The topological polar surface area (TPSA) is 75.3 Å². The summed E-state index contributed by atoms with van der Waals surface area (Å²) >= 11 is 0. The lowest BCUT2D eigenvalue weighted by atomic mass is 10.4.